The summed E-state index contributed by atoms with van der Waals surface area (Å²) in [5, 5.41) is 14.8. The average Bonchev–Trinajstić information content (AvgIpc) is 2.55. The highest BCUT2D eigenvalue weighted by molar-refractivity contribution is 6.30. The van der Waals surface area contributed by atoms with E-state index in [9.17, 15) is 9.90 Å². The Kier molecular flexibility index (Phi) is 8.64. The lowest BCUT2D eigenvalue weighted by Gasteiger charge is -2.37. The summed E-state index contributed by atoms with van der Waals surface area (Å²) < 4.78 is 0. The van der Waals surface area contributed by atoms with Crippen LogP contribution in [0, 0.1) is 5.92 Å². The normalized spacial score (nSPS) is 15.0. The highest BCUT2D eigenvalue weighted by atomic mass is 35.5. The quantitative estimate of drug-likeness (QED) is 0.651. The van der Waals surface area contributed by atoms with Crippen LogP contribution in [0.2, 0.25) is 5.02 Å². The Morgan fingerprint density at radius 3 is 2.65 bits per heavy atom. The molecule has 0 heterocycles. The van der Waals surface area contributed by atoms with Gasteiger partial charge in [-0.15, -0.1) is 0 Å². The predicted octanol–water partition coefficient (Wildman–Crippen LogP) is 4.66. The second-order valence-electron chi connectivity index (χ2n) is 6.21. The van der Waals surface area contributed by atoms with Gasteiger partial charge in [-0.1, -0.05) is 56.8 Å². The summed E-state index contributed by atoms with van der Waals surface area (Å²) in [4.78, 5) is 11.5. The predicted molar refractivity (Wildman–Crippen MR) is 96.6 cm³/mol. The first kappa shape index (κ1) is 20.0. The van der Waals surface area contributed by atoms with Crippen molar-refractivity contribution in [1.82, 2.24) is 5.32 Å². The molecule has 0 radical (unpaired) electrons. The summed E-state index contributed by atoms with van der Waals surface area (Å²) in [6, 6.07) is 7.51. The minimum Gasteiger partial charge on any atom is -0.385 e. The van der Waals surface area contributed by atoms with Crippen molar-refractivity contribution in [2.24, 2.45) is 5.92 Å². The summed E-state index contributed by atoms with van der Waals surface area (Å²) in [6.07, 6.45) is 5.76. The van der Waals surface area contributed by atoms with Gasteiger partial charge in [0.1, 0.15) is 0 Å². The number of carbonyl (C=O) groups is 1. The molecule has 1 amide bonds. The van der Waals surface area contributed by atoms with E-state index in [0.29, 0.717) is 24.3 Å². The number of benzene rings is 1. The van der Waals surface area contributed by atoms with E-state index in [-0.39, 0.29) is 11.8 Å². The third kappa shape index (κ3) is 5.82. The molecule has 23 heavy (non-hydrogen) atoms. The maximum Gasteiger partial charge on any atom is 0.219 e. The van der Waals surface area contributed by atoms with Crippen LogP contribution in [0.4, 0.5) is 0 Å². The molecule has 0 spiro atoms. The van der Waals surface area contributed by atoms with Crippen molar-refractivity contribution in [3.05, 3.63) is 34.9 Å². The molecule has 0 aliphatic carbocycles. The monoisotopic (exact) mass is 339 g/mol. The van der Waals surface area contributed by atoms with Gasteiger partial charge in [0.25, 0.3) is 0 Å². The van der Waals surface area contributed by atoms with Crippen LogP contribution < -0.4 is 5.32 Å². The number of hydrogen-bond donors (Lipinski definition) is 2. The number of halogens is 1. The molecule has 1 aromatic rings. The number of amides is 1. The number of hydrogen-bond acceptors (Lipinski definition) is 2. The zero-order chi connectivity index (χ0) is 17.3. The van der Waals surface area contributed by atoms with E-state index in [1.165, 1.54) is 0 Å². The van der Waals surface area contributed by atoms with E-state index in [1.807, 2.05) is 24.3 Å². The van der Waals surface area contributed by atoms with Crippen molar-refractivity contribution in [1.29, 1.82) is 0 Å². The Labute approximate surface area is 145 Å². The van der Waals surface area contributed by atoms with Gasteiger partial charge >= 0.3 is 0 Å². The van der Waals surface area contributed by atoms with Gasteiger partial charge in [0, 0.05) is 18.5 Å². The van der Waals surface area contributed by atoms with Crippen molar-refractivity contribution in [3.8, 4) is 0 Å². The van der Waals surface area contributed by atoms with E-state index < -0.39 is 5.60 Å². The summed E-state index contributed by atoms with van der Waals surface area (Å²) >= 11 is 6.13. The molecule has 0 saturated heterocycles. The van der Waals surface area contributed by atoms with Crippen LogP contribution in [-0.2, 0) is 10.4 Å². The molecule has 0 unspecified atom stereocenters. The van der Waals surface area contributed by atoms with E-state index in [2.05, 4.69) is 19.2 Å². The number of aliphatic hydroxyl groups is 1. The van der Waals surface area contributed by atoms with Gasteiger partial charge < -0.3 is 10.4 Å². The molecular weight excluding hydrogens is 310 g/mol. The minimum absolute atomic E-state index is 0.0139. The summed E-state index contributed by atoms with van der Waals surface area (Å²) in [5.74, 6) is 0.186. The van der Waals surface area contributed by atoms with Crippen molar-refractivity contribution in [3.63, 3.8) is 0 Å². The Morgan fingerprint density at radius 1 is 1.35 bits per heavy atom. The SMILES string of the molecule is CCCC[C@H](CC)[C@@](O)(CCCC(=O)NC)c1cccc(Cl)c1. The van der Waals surface area contributed by atoms with E-state index in [1.54, 1.807) is 7.05 Å². The van der Waals surface area contributed by atoms with Crippen molar-refractivity contribution in [2.75, 3.05) is 7.05 Å². The fraction of sp³-hybridized carbons (Fsp3) is 0.632. The van der Waals surface area contributed by atoms with E-state index in [4.69, 9.17) is 11.6 Å². The molecule has 0 fully saturated rings. The second-order valence-corrected chi connectivity index (χ2v) is 6.65. The largest absolute Gasteiger partial charge is 0.385 e. The van der Waals surface area contributed by atoms with Crippen LogP contribution in [0.3, 0.4) is 0 Å². The number of carbonyl (C=O) groups excluding carboxylic acids is 1. The molecule has 3 nitrogen and oxygen atoms in total. The number of nitrogens with one attached hydrogen (secondary N) is 1. The second kappa shape index (κ2) is 9.94. The van der Waals surface area contributed by atoms with E-state index in [0.717, 1.165) is 31.2 Å². The Hall–Kier alpha value is -1.06. The van der Waals surface area contributed by atoms with E-state index >= 15 is 0 Å². The minimum atomic E-state index is -0.928. The maximum atomic E-state index is 11.5. The van der Waals surface area contributed by atoms with Crippen LogP contribution in [0.1, 0.15) is 64.4 Å². The molecule has 2 N–H and O–H groups in total. The smallest absolute Gasteiger partial charge is 0.219 e. The fourth-order valence-corrected chi connectivity index (χ4v) is 3.41. The lowest BCUT2D eigenvalue weighted by atomic mass is 9.74. The summed E-state index contributed by atoms with van der Waals surface area (Å²) in [7, 11) is 1.64. The van der Waals surface area contributed by atoms with Crippen LogP contribution >= 0.6 is 11.6 Å². The molecule has 0 aliphatic heterocycles. The average molecular weight is 340 g/mol. The molecule has 0 aliphatic rings. The summed E-state index contributed by atoms with van der Waals surface area (Å²) in [5.41, 5.74) is -0.0621. The molecule has 1 rings (SSSR count). The molecule has 130 valence electrons. The van der Waals surface area contributed by atoms with Gasteiger partial charge in [-0.3, -0.25) is 4.79 Å². The topological polar surface area (TPSA) is 49.3 Å². The Balaban J connectivity index is 3.00. The number of rotatable bonds is 10. The fourth-order valence-electron chi connectivity index (χ4n) is 3.22. The van der Waals surface area contributed by atoms with Crippen molar-refractivity contribution in [2.45, 2.75) is 64.4 Å². The van der Waals surface area contributed by atoms with Gasteiger partial charge in [-0.25, -0.2) is 0 Å². The third-order valence-corrected chi connectivity index (χ3v) is 4.87. The highest BCUT2D eigenvalue weighted by Gasteiger charge is 2.36. The zero-order valence-corrected chi connectivity index (χ0v) is 15.3. The highest BCUT2D eigenvalue weighted by Crippen LogP contribution is 2.40. The van der Waals surface area contributed by atoms with Gasteiger partial charge in [-0.05, 0) is 42.9 Å². The van der Waals surface area contributed by atoms with Crippen LogP contribution in [-0.4, -0.2) is 18.1 Å². The standard InChI is InChI=1S/C19H30ClNO2/c1-4-6-9-15(5-2)19(23,13-8-12-18(22)21-3)16-10-7-11-17(20)14-16/h7,10-11,14-15,23H,4-6,8-9,12-13H2,1-3H3,(H,21,22)/t15-,19-/m0/s1. The molecule has 0 saturated carbocycles. The van der Waals surface area contributed by atoms with Crippen LogP contribution in [0.25, 0.3) is 0 Å². The zero-order valence-electron chi connectivity index (χ0n) is 14.6. The molecule has 2 atom stereocenters. The lowest BCUT2D eigenvalue weighted by molar-refractivity contribution is -0.121. The lowest BCUT2D eigenvalue weighted by Crippen LogP contribution is -2.35. The molecular formula is C19H30ClNO2. The van der Waals surface area contributed by atoms with Gasteiger partial charge in [0.05, 0.1) is 5.60 Å². The first-order chi connectivity index (χ1) is 11.0. The third-order valence-electron chi connectivity index (χ3n) is 4.64. The maximum absolute atomic E-state index is 11.5. The van der Waals surface area contributed by atoms with Gasteiger partial charge in [0.15, 0.2) is 0 Å². The van der Waals surface area contributed by atoms with Crippen molar-refractivity contribution < 1.29 is 9.90 Å². The van der Waals surface area contributed by atoms with Crippen LogP contribution in [0.15, 0.2) is 24.3 Å². The Morgan fingerprint density at radius 2 is 2.09 bits per heavy atom. The first-order valence-corrected chi connectivity index (χ1v) is 9.04. The Bertz CT molecular complexity index is 492. The summed E-state index contributed by atoms with van der Waals surface area (Å²) in [6.45, 7) is 4.28. The van der Waals surface area contributed by atoms with Gasteiger partial charge in [0.2, 0.25) is 5.91 Å². The molecule has 4 heteroatoms. The molecule has 1 aromatic carbocycles. The molecule has 0 bridgehead atoms. The van der Waals surface area contributed by atoms with Crippen LogP contribution in [0.5, 0.6) is 0 Å². The van der Waals surface area contributed by atoms with Crippen molar-refractivity contribution >= 4 is 17.5 Å². The number of unbranched alkanes of at least 4 members (excludes halogenated alkanes) is 1. The first-order valence-electron chi connectivity index (χ1n) is 8.66. The van der Waals surface area contributed by atoms with Gasteiger partial charge in [-0.2, -0.15) is 0 Å². The molecule has 0 aromatic heterocycles.